The highest BCUT2D eigenvalue weighted by molar-refractivity contribution is 5.69. The SMILES string of the molecule is CNc1cccc(-c2cc(C(F)(F)F)ccc2F)c1. The van der Waals surface area contributed by atoms with Crippen LogP contribution in [0.1, 0.15) is 5.56 Å². The first kappa shape index (κ1) is 13.4. The lowest BCUT2D eigenvalue weighted by Gasteiger charge is -2.11. The van der Waals surface area contributed by atoms with Crippen LogP contribution < -0.4 is 5.32 Å². The second kappa shape index (κ2) is 4.91. The highest BCUT2D eigenvalue weighted by atomic mass is 19.4. The molecule has 0 fully saturated rings. The number of halogens is 4. The maximum absolute atomic E-state index is 13.7. The average Bonchev–Trinajstić information content (AvgIpc) is 2.38. The number of hydrogen-bond donors (Lipinski definition) is 1. The first-order chi connectivity index (χ1) is 8.91. The summed E-state index contributed by atoms with van der Waals surface area (Å²) in [5.74, 6) is -0.679. The highest BCUT2D eigenvalue weighted by Crippen LogP contribution is 2.34. The van der Waals surface area contributed by atoms with E-state index in [0.29, 0.717) is 11.3 Å². The van der Waals surface area contributed by atoms with Crippen molar-refractivity contribution in [3.8, 4) is 11.1 Å². The molecule has 0 aliphatic rings. The number of benzene rings is 2. The van der Waals surface area contributed by atoms with E-state index in [9.17, 15) is 17.6 Å². The zero-order valence-electron chi connectivity index (χ0n) is 10.1. The fourth-order valence-corrected chi connectivity index (χ4v) is 1.77. The van der Waals surface area contributed by atoms with E-state index >= 15 is 0 Å². The average molecular weight is 269 g/mol. The van der Waals surface area contributed by atoms with Crippen LogP contribution in [0.3, 0.4) is 0 Å². The van der Waals surface area contributed by atoms with Gasteiger partial charge in [-0.1, -0.05) is 12.1 Å². The van der Waals surface area contributed by atoms with Gasteiger partial charge in [-0.05, 0) is 35.9 Å². The molecule has 0 saturated carbocycles. The summed E-state index contributed by atoms with van der Waals surface area (Å²) in [6.45, 7) is 0. The molecule has 2 aromatic carbocycles. The lowest BCUT2D eigenvalue weighted by Crippen LogP contribution is -2.05. The van der Waals surface area contributed by atoms with Crippen molar-refractivity contribution in [2.75, 3.05) is 12.4 Å². The molecule has 19 heavy (non-hydrogen) atoms. The van der Waals surface area contributed by atoms with E-state index in [4.69, 9.17) is 0 Å². The van der Waals surface area contributed by atoms with Crippen molar-refractivity contribution in [3.05, 3.63) is 53.8 Å². The molecule has 0 heterocycles. The van der Waals surface area contributed by atoms with Crippen molar-refractivity contribution in [1.29, 1.82) is 0 Å². The third kappa shape index (κ3) is 2.86. The van der Waals surface area contributed by atoms with E-state index in [1.165, 1.54) is 0 Å². The zero-order chi connectivity index (χ0) is 14.0. The predicted molar refractivity (Wildman–Crippen MR) is 66.4 cm³/mol. The second-order valence-electron chi connectivity index (χ2n) is 4.02. The monoisotopic (exact) mass is 269 g/mol. The summed E-state index contributed by atoms with van der Waals surface area (Å²) in [5, 5.41) is 2.86. The zero-order valence-corrected chi connectivity index (χ0v) is 10.1. The molecule has 0 atom stereocenters. The van der Waals surface area contributed by atoms with Crippen LogP contribution in [-0.4, -0.2) is 7.05 Å². The molecule has 2 aromatic rings. The minimum Gasteiger partial charge on any atom is -0.388 e. The first-order valence-corrected chi connectivity index (χ1v) is 5.57. The van der Waals surface area contributed by atoms with Gasteiger partial charge in [-0.25, -0.2) is 4.39 Å². The molecule has 0 radical (unpaired) electrons. The van der Waals surface area contributed by atoms with Crippen LogP contribution in [-0.2, 0) is 6.18 Å². The van der Waals surface area contributed by atoms with Crippen molar-refractivity contribution in [1.82, 2.24) is 0 Å². The van der Waals surface area contributed by atoms with E-state index in [1.54, 1.807) is 31.3 Å². The quantitative estimate of drug-likeness (QED) is 0.788. The third-order valence-electron chi connectivity index (χ3n) is 2.76. The summed E-state index contributed by atoms with van der Waals surface area (Å²) < 4.78 is 51.6. The molecule has 0 unspecified atom stereocenters. The van der Waals surface area contributed by atoms with Gasteiger partial charge in [0.15, 0.2) is 0 Å². The van der Waals surface area contributed by atoms with Crippen LogP contribution in [0.25, 0.3) is 11.1 Å². The van der Waals surface area contributed by atoms with Gasteiger partial charge in [-0.2, -0.15) is 13.2 Å². The summed E-state index contributed by atoms with van der Waals surface area (Å²) in [5.41, 5.74) is 0.176. The maximum atomic E-state index is 13.7. The Kier molecular flexibility index (Phi) is 3.46. The van der Waals surface area contributed by atoms with Crippen molar-refractivity contribution < 1.29 is 17.6 Å². The lowest BCUT2D eigenvalue weighted by molar-refractivity contribution is -0.137. The van der Waals surface area contributed by atoms with Gasteiger partial charge >= 0.3 is 6.18 Å². The Balaban J connectivity index is 2.54. The van der Waals surface area contributed by atoms with Crippen LogP contribution >= 0.6 is 0 Å². The molecule has 0 aliphatic carbocycles. The normalized spacial score (nSPS) is 11.4. The Morgan fingerprint density at radius 2 is 1.74 bits per heavy atom. The van der Waals surface area contributed by atoms with E-state index in [0.717, 1.165) is 18.2 Å². The summed E-state index contributed by atoms with van der Waals surface area (Å²) in [6.07, 6.45) is -4.48. The fourth-order valence-electron chi connectivity index (χ4n) is 1.77. The minimum absolute atomic E-state index is 0.0630. The second-order valence-corrected chi connectivity index (χ2v) is 4.02. The Bertz CT molecular complexity index is 590. The molecule has 1 N–H and O–H groups in total. The molecule has 0 spiro atoms. The molecular formula is C14H11F4N. The van der Waals surface area contributed by atoms with E-state index in [-0.39, 0.29) is 5.56 Å². The minimum atomic E-state index is -4.48. The summed E-state index contributed by atoms with van der Waals surface area (Å²) in [6, 6.07) is 8.96. The maximum Gasteiger partial charge on any atom is 0.416 e. The molecule has 100 valence electrons. The van der Waals surface area contributed by atoms with Gasteiger partial charge in [0, 0.05) is 18.3 Å². The predicted octanol–water partition coefficient (Wildman–Crippen LogP) is 4.55. The number of hydrogen-bond acceptors (Lipinski definition) is 1. The molecule has 1 nitrogen and oxygen atoms in total. The number of alkyl halides is 3. The topological polar surface area (TPSA) is 12.0 Å². The molecular weight excluding hydrogens is 258 g/mol. The van der Waals surface area contributed by atoms with Gasteiger partial charge in [-0.15, -0.1) is 0 Å². The van der Waals surface area contributed by atoms with Crippen LogP contribution in [0.4, 0.5) is 23.2 Å². The van der Waals surface area contributed by atoms with E-state index in [1.807, 2.05) is 0 Å². The van der Waals surface area contributed by atoms with Crippen molar-refractivity contribution >= 4 is 5.69 Å². The Labute approximate surface area is 107 Å². The first-order valence-electron chi connectivity index (χ1n) is 5.57. The van der Waals surface area contributed by atoms with Gasteiger partial charge in [0.2, 0.25) is 0 Å². The number of rotatable bonds is 2. The van der Waals surface area contributed by atoms with E-state index < -0.39 is 17.6 Å². The molecule has 0 bridgehead atoms. The smallest absolute Gasteiger partial charge is 0.388 e. The third-order valence-corrected chi connectivity index (χ3v) is 2.76. The van der Waals surface area contributed by atoms with Crippen molar-refractivity contribution in [3.63, 3.8) is 0 Å². The number of anilines is 1. The van der Waals surface area contributed by atoms with Gasteiger partial charge in [0.05, 0.1) is 5.56 Å². The van der Waals surface area contributed by atoms with Crippen LogP contribution in [0.15, 0.2) is 42.5 Å². The summed E-state index contributed by atoms with van der Waals surface area (Å²) >= 11 is 0. The van der Waals surface area contributed by atoms with Crippen molar-refractivity contribution in [2.45, 2.75) is 6.18 Å². The van der Waals surface area contributed by atoms with Crippen LogP contribution in [0.5, 0.6) is 0 Å². The summed E-state index contributed by atoms with van der Waals surface area (Å²) in [4.78, 5) is 0. The largest absolute Gasteiger partial charge is 0.416 e. The molecule has 0 saturated heterocycles. The number of nitrogens with one attached hydrogen (secondary N) is 1. The fraction of sp³-hybridized carbons (Fsp3) is 0.143. The molecule has 0 amide bonds. The van der Waals surface area contributed by atoms with E-state index in [2.05, 4.69) is 5.32 Å². The van der Waals surface area contributed by atoms with Gasteiger partial charge < -0.3 is 5.32 Å². The van der Waals surface area contributed by atoms with Gasteiger partial charge in [0.25, 0.3) is 0 Å². The molecule has 0 aliphatic heterocycles. The Morgan fingerprint density at radius 3 is 2.37 bits per heavy atom. The van der Waals surface area contributed by atoms with Crippen LogP contribution in [0.2, 0.25) is 0 Å². The summed E-state index contributed by atoms with van der Waals surface area (Å²) in [7, 11) is 1.68. The Hall–Kier alpha value is -2.04. The Morgan fingerprint density at radius 1 is 1.00 bits per heavy atom. The standard InChI is InChI=1S/C14H11F4N/c1-19-11-4-2-3-9(7-11)12-8-10(14(16,17)18)5-6-13(12)15/h2-8,19H,1H3. The highest BCUT2D eigenvalue weighted by Gasteiger charge is 2.31. The van der Waals surface area contributed by atoms with Gasteiger partial charge in [0.1, 0.15) is 5.82 Å². The lowest BCUT2D eigenvalue weighted by atomic mass is 10.0. The molecule has 0 aromatic heterocycles. The van der Waals surface area contributed by atoms with Crippen molar-refractivity contribution in [2.24, 2.45) is 0 Å². The van der Waals surface area contributed by atoms with Crippen LogP contribution in [0, 0.1) is 5.82 Å². The van der Waals surface area contributed by atoms with Gasteiger partial charge in [-0.3, -0.25) is 0 Å². The molecule has 5 heteroatoms. The molecule has 2 rings (SSSR count).